The van der Waals surface area contributed by atoms with Gasteiger partial charge in [0.1, 0.15) is 0 Å². The summed E-state index contributed by atoms with van der Waals surface area (Å²) < 4.78 is 0. The highest BCUT2D eigenvalue weighted by Gasteiger charge is 2.26. The van der Waals surface area contributed by atoms with Gasteiger partial charge in [-0.2, -0.15) is 0 Å². The van der Waals surface area contributed by atoms with Crippen LogP contribution in [0.15, 0.2) is 24.3 Å². The molecule has 6 nitrogen and oxygen atoms in total. The van der Waals surface area contributed by atoms with Gasteiger partial charge in [0, 0.05) is 17.6 Å². The summed E-state index contributed by atoms with van der Waals surface area (Å²) in [5.74, 6) is -0.661. The fourth-order valence-electron chi connectivity index (χ4n) is 2.93. The van der Waals surface area contributed by atoms with Gasteiger partial charge >= 0.3 is 0 Å². The van der Waals surface area contributed by atoms with Crippen molar-refractivity contribution < 1.29 is 14.4 Å². The molecule has 0 radical (unpaired) electrons. The third-order valence-corrected chi connectivity index (χ3v) is 4.75. The molecule has 0 aliphatic carbocycles. The van der Waals surface area contributed by atoms with Crippen LogP contribution in [0.2, 0.25) is 0 Å². The number of nitrogens with zero attached hydrogens (tertiary/aromatic N) is 1. The Hall–Kier alpha value is -2.37. The van der Waals surface area contributed by atoms with Crippen LogP contribution in [0.5, 0.6) is 0 Å². The number of amides is 3. The molecule has 0 saturated carbocycles. The number of aryl methyl sites for hydroxylation is 1. The molecule has 0 aromatic heterocycles. The number of benzene rings is 1. The molecule has 0 fully saturated rings. The van der Waals surface area contributed by atoms with E-state index < -0.39 is 0 Å². The first-order chi connectivity index (χ1) is 13.3. The van der Waals surface area contributed by atoms with Crippen LogP contribution in [0.3, 0.4) is 0 Å². The smallest absolute Gasteiger partial charge is 0.243 e. The van der Waals surface area contributed by atoms with Crippen LogP contribution in [-0.4, -0.2) is 41.8 Å². The average Bonchev–Trinajstić information content (AvgIpc) is 2.66. The number of hydrogen-bond acceptors (Lipinski definition) is 3. The molecule has 0 spiro atoms. The van der Waals surface area contributed by atoms with Crippen LogP contribution in [0.1, 0.15) is 58.9 Å². The zero-order chi connectivity index (χ0) is 21.1. The number of rotatable bonds is 11. The van der Waals surface area contributed by atoms with Crippen LogP contribution in [-0.2, 0) is 14.4 Å². The highest BCUT2D eigenvalue weighted by atomic mass is 16.2. The number of carbonyl (C=O) groups excluding carboxylic acids is 3. The third kappa shape index (κ3) is 8.11. The summed E-state index contributed by atoms with van der Waals surface area (Å²) in [6.07, 6.45) is 3.65. The standard InChI is InChI=1S/C22H35N3O3/c1-6-8-9-18(7-2)22(28)25(16(3)4)15-21(27)23-14-20(26)24-19-12-10-17(5)11-13-19/h10-13,16,18H,6-9,14-15H2,1-5H3,(H,23,27)(H,24,26)/t18-/m0/s1. The third-order valence-electron chi connectivity index (χ3n) is 4.75. The van der Waals surface area contributed by atoms with E-state index in [0.717, 1.165) is 31.2 Å². The lowest BCUT2D eigenvalue weighted by molar-refractivity contribution is -0.141. The van der Waals surface area contributed by atoms with E-state index in [1.54, 1.807) is 4.90 Å². The van der Waals surface area contributed by atoms with Gasteiger partial charge < -0.3 is 15.5 Å². The van der Waals surface area contributed by atoms with Crippen molar-refractivity contribution >= 4 is 23.4 Å². The Morgan fingerprint density at radius 2 is 1.68 bits per heavy atom. The Kier molecular flexibility index (Phi) is 10.3. The predicted molar refractivity (Wildman–Crippen MR) is 113 cm³/mol. The maximum atomic E-state index is 12.8. The highest BCUT2D eigenvalue weighted by Crippen LogP contribution is 2.17. The van der Waals surface area contributed by atoms with Crippen LogP contribution >= 0.6 is 0 Å². The quantitative estimate of drug-likeness (QED) is 0.608. The van der Waals surface area contributed by atoms with Crippen molar-refractivity contribution in [3.8, 4) is 0 Å². The molecule has 2 N–H and O–H groups in total. The zero-order valence-electron chi connectivity index (χ0n) is 17.9. The monoisotopic (exact) mass is 389 g/mol. The summed E-state index contributed by atoms with van der Waals surface area (Å²) in [4.78, 5) is 38.8. The molecule has 0 unspecified atom stereocenters. The summed E-state index contributed by atoms with van der Waals surface area (Å²) in [5.41, 5.74) is 1.79. The molecule has 6 heteroatoms. The Bertz CT molecular complexity index is 641. The van der Waals surface area contributed by atoms with Gasteiger partial charge in [0.2, 0.25) is 17.7 Å². The summed E-state index contributed by atoms with van der Waals surface area (Å²) in [6, 6.07) is 7.37. The van der Waals surface area contributed by atoms with Crippen molar-refractivity contribution in [3.05, 3.63) is 29.8 Å². The lowest BCUT2D eigenvalue weighted by Crippen LogP contribution is -2.47. The molecule has 1 aromatic carbocycles. The Labute approximate surface area is 169 Å². The maximum absolute atomic E-state index is 12.8. The minimum absolute atomic E-state index is 0.0187. The summed E-state index contributed by atoms with van der Waals surface area (Å²) in [7, 11) is 0. The number of hydrogen-bond donors (Lipinski definition) is 2. The van der Waals surface area contributed by atoms with Crippen molar-refractivity contribution in [2.45, 2.75) is 66.3 Å². The summed E-state index contributed by atoms with van der Waals surface area (Å²) in [5, 5.41) is 5.35. The second-order valence-electron chi connectivity index (χ2n) is 7.50. The topological polar surface area (TPSA) is 78.5 Å². The van der Waals surface area contributed by atoms with Crippen molar-refractivity contribution in [2.24, 2.45) is 5.92 Å². The van der Waals surface area contributed by atoms with Crippen molar-refractivity contribution in [3.63, 3.8) is 0 Å². The minimum atomic E-state index is -0.327. The Balaban J connectivity index is 2.55. The normalized spacial score (nSPS) is 11.8. The number of nitrogens with one attached hydrogen (secondary N) is 2. The second kappa shape index (κ2) is 12.2. The fraction of sp³-hybridized carbons (Fsp3) is 0.591. The molecular weight excluding hydrogens is 354 g/mol. The molecule has 0 heterocycles. The van der Waals surface area contributed by atoms with Gasteiger partial charge in [0.15, 0.2) is 0 Å². The van der Waals surface area contributed by atoms with E-state index >= 15 is 0 Å². The number of carbonyl (C=O) groups is 3. The maximum Gasteiger partial charge on any atom is 0.243 e. The van der Waals surface area contributed by atoms with E-state index in [4.69, 9.17) is 0 Å². The van der Waals surface area contributed by atoms with Gasteiger partial charge in [-0.3, -0.25) is 14.4 Å². The van der Waals surface area contributed by atoms with Gasteiger partial charge in [0.25, 0.3) is 0 Å². The van der Waals surface area contributed by atoms with E-state index in [9.17, 15) is 14.4 Å². The van der Waals surface area contributed by atoms with Gasteiger partial charge in [-0.1, -0.05) is 44.4 Å². The Morgan fingerprint density at radius 1 is 1.04 bits per heavy atom. The first-order valence-corrected chi connectivity index (χ1v) is 10.2. The van der Waals surface area contributed by atoms with E-state index in [2.05, 4.69) is 17.6 Å². The molecule has 1 aromatic rings. The van der Waals surface area contributed by atoms with Crippen molar-refractivity contribution in [2.75, 3.05) is 18.4 Å². The molecule has 0 saturated heterocycles. The van der Waals surface area contributed by atoms with E-state index in [0.29, 0.717) is 5.69 Å². The van der Waals surface area contributed by atoms with Gasteiger partial charge in [-0.05, 0) is 45.7 Å². The first-order valence-electron chi connectivity index (χ1n) is 10.2. The minimum Gasteiger partial charge on any atom is -0.345 e. The number of unbranched alkanes of at least 4 members (excludes halogenated alkanes) is 1. The highest BCUT2D eigenvalue weighted by molar-refractivity contribution is 5.95. The molecule has 0 aliphatic heterocycles. The molecule has 1 atom stereocenters. The van der Waals surface area contributed by atoms with Crippen LogP contribution in [0.4, 0.5) is 5.69 Å². The summed E-state index contributed by atoms with van der Waals surface area (Å²) in [6.45, 7) is 9.73. The second-order valence-corrected chi connectivity index (χ2v) is 7.50. The van der Waals surface area contributed by atoms with Gasteiger partial charge in [0.05, 0.1) is 13.1 Å². The molecule has 0 bridgehead atoms. The van der Waals surface area contributed by atoms with Crippen LogP contribution in [0, 0.1) is 12.8 Å². The largest absolute Gasteiger partial charge is 0.345 e. The first kappa shape index (κ1) is 23.7. The fourth-order valence-corrected chi connectivity index (χ4v) is 2.93. The van der Waals surface area contributed by atoms with Gasteiger partial charge in [-0.15, -0.1) is 0 Å². The molecule has 1 rings (SSSR count). The van der Waals surface area contributed by atoms with Crippen molar-refractivity contribution in [1.82, 2.24) is 10.2 Å². The SMILES string of the molecule is CCCC[C@H](CC)C(=O)N(CC(=O)NCC(=O)Nc1ccc(C)cc1)C(C)C. The van der Waals surface area contributed by atoms with E-state index in [1.807, 2.05) is 52.0 Å². The van der Waals surface area contributed by atoms with Crippen molar-refractivity contribution in [1.29, 1.82) is 0 Å². The summed E-state index contributed by atoms with van der Waals surface area (Å²) >= 11 is 0. The molecule has 3 amide bonds. The molecule has 156 valence electrons. The van der Waals surface area contributed by atoms with Gasteiger partial charge in [-0.25, -0.2) is 0 Å². The molecular formula is C22H35N3O3. The Morgan fingerprint density at radius 3 is 2.21 bits per heavy atom. The van der Waals surface area contributed by atoms with Crippen LogP contribution < -0.4 is 10.6 Å². The predicted octanol–water partition coefficient (Wildman–Crippen LogP) is 3.50. The lowest BCUT2D eigenvalue weighted by atomic mass is 9.97. The van der Waals surface area contributed by atoms with E-state index in [1.165, 1.54) is 0 Å². The molecule has 28 heavy (non-hydrogen) atoms. The van der Waals surface area contributed by atoms with E-state index in [-0.39, 0.29) is 42.8 Å². The lowest BCUT2D eigenvalue weighted by Gasteiger charge is -2.30. The number of anilines is 1. The zero-order valence-corrected chi connectivity index (χ0v) is 17.9. The van der Waals surface area contributed by atoms with Crippen LogP contribution in [0.25, 0.3) is 0 Å². The molecule has 0 aliphatic rings. The average molecular weight is 390 g/mol.